The summed E-state index contributed by atoms with van der Waals surface area (Å²) in [7, 11) is 3.05. The summed E-state index contributed by atoms with van der Waals surface area (Å²) >= 11 is 2.54. The molecule has 10 heteroatoms. The zero-order valence-electron chi connectivity index (χ0n) is 16.4. The van der Waals surface area contributed by atoms with Gasteiger partial charge in [-0.2, -0.15) is 0 Å². The number of methoxy groups -OCH3 is 2. The summed E-state index contributed by atoms with van der Waals surface area (Å²) in [6, 6.07) is 5.21. The largest absolute Gasteiger partial charge is 0.497 e. The highest BCUT2D eigenvalue weighted by Gasteiger charge is 2.17. The van der Waals surface area contributed by atoms with Gasteiger partial charge in [0.1, 0.15) is 11.5 Å². The van der Waals surface area contributed by atoms with Crippen LogP contribution in [0.4, 0.5) is 5.13 Å². The van der Waals surface area contributed by atoms with E-state index in [9.17, 15) is 9.59 Å². The number of carbonyl (C=O) groups is 2. The van der Waals surface area contributed by atoms with Gasteiger partial charge in [-0.05, 0) is 25.0 Å². The van der Waals surface area contributed by atoms with Crippen molar-refractivity contribution in [1.82, 2.24) is 15.5 Å². The van der Waals surface area contributed by atoms with E-state index in [4.69, 9.17) is 9.47 Å². The Bertz CT molecular complexity index is 830. The van der Waals surface area contributed by atoms with Crippen LogP contribution < -0.4 is 20.1 Å². The molecule has 0 bridgehead atoms. The summed E-state index contributed by atoms with van der Waals surface area (Å²) in [5, 5.41) is 14.2. The fourth-order valence-electron chi connectivity index (χ4n) is 3.07. The highest BCUT2D eigenvalue weighted by Crippen LogP contribution is 2.27. The van der Waals surface area contributed by atoms with Gasteiger partial charge in [0.05, 0.1) is 20.0 Å². The first-order valence-corrected chi connectivity index (χ1v) is 11.2. The van der Waals surface area contributed by atoms with Gasteiger partial charge in [0.25, 0.3) is 5.91 Å². The summed E-state index contributed by atoms with van der Waals surface area (Å²) in [6.07, 6.45) is 5.72. The van der Waals surface area contributed by atoms with Crippen molar-refractivity contribution >= 4 is 40.0 Å². The monoisotopic (exact) mass is 436 g/mol. The van der Waals surface area contributed by atoms with E-state index in [0.717, 1.165) is 12.8 Å². The Kier molecular flexibility index (Phi) is 7.70. The number of nitrogens with one attached hydrogen (secondary N) is 2. The van der Waals surface area contributed by atoms with Crippen molar-refractivity contribution in [2.45, 2.75) is 42.5 Å². The van der Waals surface area contributed by atoms with Gasteiger partial charge in [0.2, 0.25) is 11.0 Å². The van der Waals surface area contributed by atoms with Crippen LogP contribution in [0.3, 0.4) is 0 Å². The van der Waals surface area contributed by atoms with Crippen LogP contribution in [-0.4, -0.2) is 48.0 Å². The molecule has 2 N–H and O–H groups in total. The predicted octanol–water partition coefficient (Wildman–Crippen LogP) is 3.35. The van der Waals surface area contributed by atoms with Crippen molar-refractivity contribution in [2.75, 3.05) is 25.3 Å². The molecule has 156 valence electrons. The molecule has 0 aliphatic heterocycles. The molecule has 2 amide bonds. The van der Waals surface area contributed by atoms with E-state index in [1.807, 2.05) is 0 Å². The van der Waals surface area contributed by atoms with Crippen molar-refractivity contribution in [3.63, 3.8) is 0 Å². The highest BCUT2D eigenvalue weighted by molar-refractivity contribution is 8.01. The molecule has 0 radical (unpaired) electrons. The number of anilines is 1. The van der Waals surface area contributed by atoms with E-state index in [1.165, 1.54) is 56.6 Å². The first-order chi connectivity index (χ1) is 14.1. The van der Waals surface area contributed by atoms with Crippen LogP contribution in [-0.2, 0) is 4.79 Å². The fraction of sp³-hybridized carbons (Fsp3) is 0.474. The molecule has 1 aromatic heterocycles. The average molecular weight is 437 g/mol. The molecular weight excluding hydrogens is 412 g/mol. The van der Waals surface area contributed by atoms with Gasteiger partial charge in [-0.3, -0.25) is 14.9 Å². The molecule has 1 aliphatic rings. The minimum atomic E-state index is -0.343. The molecule has 1 saturated carbocycles. The number of rotatable bonds is 8. The molecule has 29 heavy (non-hydrogen) atoms. The van der Waals surface area contributed by atoms with Crippen molar-refractivity contribution in [3.8, 4) is 11.5 Å². The maximum atomic E-state index is 12.5. The number of hydrogen-bond acceptors (Lipinski definition) is 8. The lowest BCUT2D eigenvalue weighted by Gasteiger charge is -2.22. The zero-order chi connectivity index (χ0) is 20.6. The summed E-state index contributed by atoms with van der Waals surface area (Å²) in [4.78, 5) is 24.6. The normalized spacial score (nSPS) is 14.3. The quantitative estimate of drug-likeness (QED) is 0.483. The fourth-order valence-corrected chi connectivity index (χ4v) is 4.63. The summed E-state index contributed by atoms with van der Waals surface area (Å²) in [5.41, 5.74) is 0.387. The molecule has 0 atom stereocenters. The van der Waals surface area contributed by atoms with E-state index in [0.29, 0.717) is 32.6 Å². The molecule has 1 heterocycles. The van der Waals surface area contributed by atoms with Crippen LogP contribution in [0, 0.1) is 0 Å². The van der Waals surface area contributed by atoms with Crippen molar-refractivity contribution in [1.29, 1.82) is 0 Å². The molecule has 1 fully saturated rings. The van der Waals surface area contributed by atoms with Gasteiger partial charge >= 0.3 is 0 Å². The van der Waals surface area contributed by atoms with E-state index in [2.05, 4.69) is 20.8 Å². The van der Waals surface area contributed by atoms with Gasteiger partial charge in [-0.15, -0.1) is 10.2 Å². The standard InChI is InChI=1S/C19H24N4O4S2/c1-26-14-8-12(9-15(10-14)27-2)17(25)21-18-22-23-19(29-18)28-11-16(24)20-13-6-4-3-5-7-13/h8-10,13H,3-7,11H2,1-2H3,(H,20,24)(H,21,22,25). The average Bonchev–Trinajstić information content (AvgIpc) is 3.19. The number of hydrogen-bond donors (Lipinski definition) is 2. The second kappa shape index (κ2) is 10.4. The first kappa shape index (κ1) is 21.4. The first-order valence-electron chi connectivity index (χ1n) is 9.37. The Hall–Kier alpha value is -2.33. The van der Waals surface area contributed by atoms with Crippen LogP contribution in [0.15, 0.2) is 22.5 Å². The number of carbonyl (C=O) groups excluding carboxylic acids is 2. The lowest BCUT2D eigenvalue weighted by Crippen LogP contribution is -2.37. The van der Waals surface area contributed by atoms with Crippen LogP contribution in [0.2, 0.25) is 0 Å². The van der Waals surface area contributed by atoms with E-state index < -0.39 is 0 Å². The van der Waals surface area contributed by atoms with E-state index in [-0.39, 0.29) is 17.6 Å². The number of aromatic nitrogens is 2. The third-order valence-corrected chi connectivity index (χ3v) is 6.51. The molecule has 3 rings (SSSR count). The minimum absolute atomic E-state index is 0.00570. The highest BCUT2D eigenvalue weighted by atomic mass is 32.2. The van der Waals surface area contributed by atoms with Gasteiger partial charge in [-0.1, -0.05) is 42.4 Å². The summed E-state index contributed by atoms with van der Waals surface area (Å²) in [5.74, 6) is 0.988. The second-order valence-corrected chi connectivity index (χ2v) is 8.82. The Labute approximate surface area is 177 Å². The third-order valence-electron chi connectivity index (χ3n) is 4.54. The Morgan fingerprint density at radius 1 is 1.10 bits per heavy atom. The molecule has 8 nitrogen and oxygen atoms in total. The number of ether oxygens (including phenoxy) is 2. The molecule has 1 aromatic carbocycles. The number of amides is 2. The lowest BCUT2D eigenvalue weighted by molar-refractivity contribution is -0.119. The number of nitrogens with zero attached hydrogens (tertiary/aromatic N) is 2. The Morgan fingerprint density at radius 3 is 2.45 bits per heavy atom. The SMILES string of the molecule is COc1cc(OC)cc(C(=O)Nc2nnc(SCC(=O)NC3CCCCC3)s2)c1. The van der Waals surface area contributed by atoms with Gasteiger partial charge in [0, 0.05) is 17.7 Å². The third kappa shape index (κ3) is 6.33. The van der Waals surface area contributed by atoms with E-state index in [1.54, 1.807) is 18.2 Å². The van der Waals surface area contributed by atoms with Crippen LogP contribution in [0.5, 0.6) is 11.5 Å². The van der Waals surface area contributed by atoms with Gasteiger partial charge < -0.3 is 14.8 Å². The molecule has 0 unspecified atom stereocenters. The molecular formula is C19H24N4O4S2. The van der Waals surface area contributed by atoms with Crippen LogP contribution in [0.25, 0.3) is 0 Å². The molecule has 1 aliphatic carbocycles. The van der Waals surface area contributed by atoms with Crippen molar-refractivity contribution in [3.05, 3.63) is 23.8 Å². The predicted molar refractivity (Wildman–Crippen MR) is 113 cm³/mol. The minimum Gasteiger partial charge on any atom is -0.497 e. The second-order valence-electron chi connectivity index (χ2n) is 6.62. The molecule has 0 spiro atoms. The number of thioether (sulfide) groups is 1. The maximum Gasteiger partial charge on any atom is 0.257 e. The molecule has 2 aromatic rings. The van der Waals surface area contributed by atoms with Crippen molar-refractivity contribution < 1.29 is 19.1 Å². The Morgan fingerprint density at radius 2 is 1.79 bits per heavy atom. The zero-order valence-corrected chi connectivity index (χ0v) is 18.0. The smallest absolute Gasteiger partial charge is 0.257 e. The van der Waals surface area contributed by atoms with Crippen LogP contribution >= 0.6 is 23.1 Å². The van der Waals surface area contributed by atoms with Gasteiger partial charge in [0.15, 0.2) is 4.34 Å². The van der Waals surface area contributed by atoms with Crippen LogP contribution in [0.1, 0.15) is 42.5 Å². The summed E-state index contributed by atoms with van der Waals surface area (Å²) in [6.45, 7) is 0. The van der Waals surface area contributed by atoms with Gasteiger partial charge in [-0.25, -0.2) is 0 Å². The number of benzene rings is 1. The topological polar surface area (TPSA) is 102 Å². The van der Waals surface area contributed by atoms with E-state index >= 15 is 0 Å². The summed E-state index contributed by atoms with van der Waals surface area (Å²) < 4.78 is 11.0. The maximum absolute atomic E-state index is 12.5. The van der Waals surface area contributed by atoms with Crippen molar-refractivity contribution in [2.24, 2.45) is 0 Å². The Balaban J connectivity index is 1.52. The lowest BCUT2D eigenvalue weighted by atomic mass is 9.95. The molecule has 0 saturated heterocycles.